The number of hydrogen-bond donors (Lipinski definition) is 3. The number of aryl methyl sites for hydroxylation is 1. The average molecular weight is 613 g/mol. The van der Waals surface area contributed by atoms with E-state index in [-0.39, 0.29) is 19.5 Å². The topological polar surface area (TPSA) is 82.0 Å². The number of aliphatic hydroxyl groups is 1. The molecule has 1 unspecified atom stereocenters. The van der Waals surface area contributed by atoms with Crippen molar-refractivity contribution >= 4 is 23.6 Å². The molecule has 0 aromatic heterocycles. The molecule has 230 valence electrons. The molecular formula is C34H39ClF2N2O4. The van der Waals surface area contributed by atoms with Crippen LogP contribution in [0.3, 0.4) is 0 Å². The highest BCUT2D eigenvalue weighted by atomic mass is 35.5. The van der Waals surface area contributed by atoms with E-state index in [0.29, 0.717) is 30.5 Å². The lowest BCUT2D eigenvalue weighted by Gasteiger charge is -2.17. The molecule has 0 spiro atoms. The maximum Gasteiger partial charge on any atom is 0.323 e. The number of ether oxygens (including phenoxy) is 1. The summed E-state index contributed by atoms with van der Waals surface area (Å²) in [7, 11) is 0. The highest BCUT2D eigenvalue weighted by Gasteiger charge is 2.37. The van der Waals surface area contributed by atoms with E-state index in [0.717, 1.165) is 50.9 Å². The molecule has 1 aliphatic rings. The molecule has 6 nitrogen and oxygen atoms in total. The first-order valence-electron chi connectivity index (χ1n) is 14.4. The van der Waals surface area contributed by atoms with E-state index in [1.165, 1.54) is 0 Å². The molecule has 3 N–H and O–H groups in total. The molecule has 3 aromatic carbocycles. The first-order valence-corrected chi connectivity index (χ1v) is 14.8. The quantitative estimate of drug-likeness (QED) is 0.197. The molecule has 0 saturated carbocycles. The Kier molecular flexibility index (Phi) is 11.0. The van der Waals surface area contributed by atoms with Crippen LogP contribution in [0.15, 0.2) is 54.6 Å². The van der Waals surface area contributed by atoms with Gasteiger partial charge in [-0.2, -0.15) is 0 Å². The molecule has 4 rings (SSSR count). The monoisotopic (exact) mass is 612 g/mol. The number of likely N-dealkylation sites (tertiary alicyclic amines) is 1. The molecule has 0 bridgehead atoms. The fourth-order valence-electron chi connectivity index (χ4n) is 5.34. The Morgan fingerprint density at radius 3 is 2.51 bits per heavy atom. The van der Waals surface area contributed by atoms with Gasteiger partial charge in [-0.3, -0.25) is 15.0 Å². The van der Waals surface area contributed by atoms with Crippen molar-refractivity contribution < 1.29 is 28.5 Å². The van der Waals surface area contributed by atoms with E-state index in [1.807, 2.05) is 36.1 Å². The SMILES string of the molecule is Cc1cc(OCc2cccc(-c3cccc(C=CCCN4CCC(F)(F)C4)c3C)c2C)c(Cl)cc1CNC(CO)C(=O)O. The van der Waals surface area contributed by atoms with Gasteiger partial charge in [-0.1, -0.05) is 60.2 Å². The van der Waals surface area contributed by atoms with Crippen LogP contribution in [0.4, 0.5) is 8.78 Å². The number of aliphatic carboxylic acids is 1. The summed E-state index contributed by atoms with van der Waals surface area (Å²) in [5, 5.41) is 21.6. The van der Waals surface area contributed by atoms with Crippen LogP contribution < -0.4 is 10.1 Å². The lowest BCUT2D eigenvalue weighted by molar-refractivity contribution is -0.140. The summed E-state index contributed by atoms with van der Waals surface area (Å²) in [5.74, 6) is -3.15. The second-order valence-electron chi connectivity index (χ2n) is 11.1. The smallest absolute Gasteiger partial charge is 0.323 e. The summed E-state index contributed by atoms with van der Waals surface area (Å²) >= 11 is 6.53. The molecule has 1 saturated heterocycles. The summed E-state index contributed by atoms with van der Waals surface area (Å²) in [4.78, 5) is 13.0. The number of nitrogens with one attached hydrogen (secondary N) is 1. The third-order valence-corrected chi connectivity index (χ3v) is 8.36. The standard InChI is InChI=1S/C34H39ClF2N2O4/c1-22-16-32(30(35)17-27(22)18-38-31(19-40)33(41)42)43-20-26-10-7-12-29(24(26)3)28-11-6-9-25(23(28)2)8-4-5-14-39-15-13-34(36,37)21-39/h4,6-12,16-17,31,38,40H,5,13-15,18-21H2,1-3H3,(H,41,42). The maximum absolute atomic E-state index is 13.5. The molecule has 43 heavy (non-hydrogen) atoms. The van der Waals surface area contributed by atoms with Crippen LogP contribution in [0.1, 0.15) is 46.2 Å². The zero-order valence-corrected chi connectivity index (χ0v) is 25.6. The van der Waals surface area contributed by atoms with Crippen molar-refractivity contribution in [3.05, 3.63) is 93.0 Å². The Bertz CT molecular complexity index is 1480. The van der Waals surface area contributed by atoms with Crippen LogP contribution >= 0.6 is 11.6 Å². The molecular weight excluding hydrogens is 574 g/mol. The number of carbonyl (C=O) groups is 1. The molecule has 3 aromatic rings. The van der Waals surface area contributed by atoms with Crippen LogP contribution in [-0.2, 0) is 17.9 Å². The zero-order chi connectivity index (χ0) is 31.1. The second-order valence-corrected chi connectivity index (χ2v) is 11.5. The Balaban J connectivity index is 1.43. The third kappa shape index (κ3) is 8.42. The number of rotatable bonds is 13. The van der Waals surface area contributed by atoms with Crippen LogP contribution in [-0.4, -0.2) is 59.3 Å². The molecule has 1 aliphatic heterocycles. The summed E-state index contributed by atoms with van der Waals surface area (Å²) < 4.78 is 33.0. The minimum Gasteiger partial charge on any atom is -0.487 e. The molecule has 1 atom stereocenters. The van der Waals surface area contributed by atoms with Crippen LogP contribution in [0, 0.1) is 20.8 Å². The summed E-state index contributed by atoms with van der Waals surface area (Å²) in [6.45, 7) is 7.05. The van der Waals surface area contributed by atoms with Crippen LogP contribution in [0.25, 0.3) is 17.2 Å². The van der Waals surface area contributed by atoms with Crippen molar-refractivity contribution in [2.75, 3.05) is 26.2 Å². The lowest BCUT2D eigenvalue weighted by atomic mass is 9.91. The predicted octanol–water partition coefficient (Wildman–Crippen LogP) is 6.79. The Hall–Kier alpha value is -3.30. The Morgan fingerprint density at radius 2 is 1.84 bits per heavy atom. The largest absolute Gasteiger partial charge is 0.487 e. The van der Waals surface area contributed by atoms with Gasteiger partial charge in [-0.15, -0.1) is 0 Å². The first kappa shape index (κ1) is 32.6. The van der Waals surface area contributed by atoms with Gasteiger partial charge in [0.15, 0.2) is 0 Å². The fraction of sp³-hybridized carbons (Fsp3) is 0.382. The van der Waals surface area contributed by atoms with Gasteiger partial charge in [-0.05, 0) is 83.8 Å². The van der Waals surface area contributed by atoms with Crippen molar-refractivity contribution in [1.82, 2.24) is 10.2 Å². The lowest BCUT2D eigenvalue weighted by Crippen LogP contribution is -2.39. The van der Waals surface area contributed by atoms with E-state index in [1.54, 1.807) is 6.07 Å². The van der Waals surface area contributed by atoms with Crippen LogP contribution in [0.5, 0.6) is 5.75 Å². The van der Waals surface area contributed by atoms with E-state index < -0.39 is 24.5 Å². The number of halogens is 3. The van der Waals surface area contributed by atoms with Gasteiger partial charge in [0.05, 0.1) is 18.2 Å². The van der Waals surface area contributed by atoms with E-state index >= 15 is 0 Å². The van der Waals surface area contributed by atoms with Gasteiger partial charge >= 0.3 is 5.97 Å². The van der Waals surface area contributed by atoms with Gasteiger partial charge in [0.25, 0.3) is 5.92 Å². The highest BCUT2D eigenvalue weighted by molar-refractivity contribution is 6.32. The summed E-state index contributed by atoms with van der Waals surface area (Å²) in [5.41, 5.74) is 8.28. The Morgan fingerprint density at radius 1 is 1.12 bits per heavy atom. The number of carboxylic acids is 1. The number of alkyl halides is 2. The minimum absolute atomic E-state index is 0.0549. The maximum atomic E-state index is 13.5. The number of hydrogen-bond acceptors (Lipinski definition) is 5. The third-order valence-electron chi connectivity index (χ3n) is 8.06. The molecule has 0 aliphatic carbocycles. The van der Waals surface area contributed by atoms with E-state index in [9.17, 15) is 18.7 Å². The van der Waals surface area contributed by atoms with Gasteiger partial charge in [-0.25, -0.2) is 8.78 Å². The summed E-state index contributed by atoms with van der Waals surface area (Å²) in [6, 6.07) is 14.9. The average Bonchev–Trinajstić information content (AvgIpc) is 3.31. The van der Waals surface area contributed by atoms with E-state index in [2.05, 4.69) is 49.5 Å². The highest BCUT2D eigenvalue weighted by Crippen LogP contribution is 2.33. The molecule has 0 radical (unpaired) electrons. The Labute approximate surface area is 256 Å². The molecule has 1 fully saturated rings. The number of nitrogens with zero attached hydrogens (tertiary/aromatic N) is 1. The van der Waals surface area contributed by atoms with Crippen molar-refractivity contribution in [3.8, 4) is 16.9 Å². The van der Waals surface area contributed by atoms with Crippen molar-refractivity contribution in [1.29, 1.82) is 0 Å². The van der Waals surface area contributed by atoms with Crippen molar-refractivity contribution in [3.63, 3.8) is 0 Å². The van der Waals surface area contributed by atoms with E-state index in [4.69, 9.17) is 21.4 Å². The van der Waals surface area contributed by atoms with Crippen molar-refractivity contribution in [2.24, 2.45) is 0 Å². The zero-order valence-electron chi connectivity index (χ0n) is 24.8. The van der Waals surface area contributed by atoms with Gasteiger partial charge in [0.2, 0.25) is 0 Å². The van der Waals surface area contributed by atoms with Gasteiger partial charge < -0.3 is 14.9 Å². The minimum atomic E-state index is -2.56. The fourth-order valence-corrected chi connectivity index (χ4v) is 5.58. The molecule has 9 heteroatoms. The molecule has 0 amide bonds. The van der Waals surface area contributed by atoms with Gasteiger partial charge in [0.1, 0.15) is 18.4 Å². The number of carboxylic acid groups (broad SMARTS) is 1. The number of aliphatic hydroxyl groups excluding tert-OH is 1. The van der Waals surface area contributed by atoms with Crippen molar-refractivity contribution in [2.45, 2.75) is 58.7 Å². The molecule has 1 heterocycles. The normalized spacial score (nSPS) is 15.7. The first-order chi connectivity index (χ1) is 20.5. The van der Waals surface area contributed by atoms with Gasteiger partial charge in [0, 0.05) is 26.1 Å². The second kappa shape index (κ2) is 14.4. The number of benzene rings is 3. The predicted molar refractivity (Wildman–Crippen MR) is 167 cm³/mol. The summed E-state index contributed by atoms with van der Waals surface area (Å²) in [6.07, 6.45) is 4.80. The van der Waals surface area contributed by atoms with Crippen LogP contribution in [0.2, 0.25) is 5.02 Å².